The Morgan fingerprint density at radius 3 is 2.08 bits per heavy atom. The molecule has 1 rings (SSSR count). The number of allylic oxidation sites excluding steroid dienone is 3. The zero-order valence-corrected chi connectivity index (χ0v) is 27.7. The van der Waals surface area contributed by atoms with Crippen LogP contribution >= 0.6 is 0 Å². The van der Waals surface area contributed by atoms with Gasteiger partial charge in [-0.05, 0) is 50.2 Å². The average Bonchev–Trinajstić information content (AvgIpc) is 2.75. The van der Waals surface area contributed by atoms with Crippen LogP contribution in [0.4, 0.5) is 0 Å². The minimum atomic E-state index is -1.94. The van der Waals surface area contributed by atoms with Crippen molar-refractivity contribution in [2.24, 2.45) is 0 Å². The minimum Gasteiger partial charge on any atom is -0.461 e. The van der Waals surface area contributed by atoms with Gasteiger partial charge in [0, 0.05) is 6.42 Å². The second-order valence-electron chi connectivity index (χ2n) is 13.6. The normalized spacial score (nSPS) is 22.3. The highest BCUT2D eigenvalue weighted by atomic mass is 28.4. The first-order chi connectivity index (χ1) is 16.7. The SMILES string of the molecule is CCCCC/C=C\C/C=C\C[C@H](C[C@H]1OC(=O)C1(CCCCCC)[Si](C)(C)C)O[Si](C)(C)C(C)(C)C. The molecule has 1 fully saturated rings. The summed E-state index contributed by atoms with van der Waals surface area (Å²) in [6.45, 7) is 23.2. The van der Waals surface area contributed by atoms with E-state index >= 15 is 0 Å². The van der Waals surface area contributed by atoms with Crippen molar-refractivity contribution in [3.05, 3.63) is 24.3 Å². The number of hydrogen-bond donors (Lipinski definition) is 0. The lowest BCUT2D eigenvalue weighted by Gasteiger charge is -2.55. The van der Waals surface area contributed by atoms with Crippen molar-refractivity contribution in [1.29, 1.82) is 0 Å². The van der Waals surface area contributed by atoms with Crippen LogP contribution in [0.15, 0.2) is 24.3 Å². The maximum absolute atomic E-state index is 13.1. The molecule has 0 saturated carbocycles. The number of cyclic esters (lactones) is 1. The van der Waals surface area contributed by atoms with E-state index in [-0.39, 0.29) is 28.3 Å². The predicted octanol–water partition coefficient (Wildman–Crippen LogP) is 10.2. The molecule has 5 heteroatoms. The van der Waals surface area contributed by atoms with Gasteiger partial charge in [-0.15, -0.1) is 0 Å². The average molecular weight is 537 g/mol. The topological polar surface area (TPSA) is 35.5 Å². The van der Waals surface area contributed by atoms with E-state index in [1.807, 2.05) is 0 Å². The molecule has 0 N–H and O–H groups in total. The van der Waals surface area contributed by atoms with Crippen LogP contribution in [0.5, 0.6) is 0 Å². The fraction of sp³-hybridized carbons (Fsp3) is 0.839. The molecule has 3 nitrogen and oxygen atoms in total. The summed E-state index contributed by atoms with van der Waals surface area (Å²) in [4.78, 5) is 13.1. The lowest BCUT2D eigenvalue weighted by Crippen LogP contribution is -2.63. The van der Waals surface area contributed by atoms with Gasteiger partial charge in [0.1, 0.15) is 6.10 Å². The third kappa shape index (κ3) is 9.58. The smallest absolute Gasteiger partial charge is 0.313 e. The van der Waals surface area contributed by atoms with E-state index in [1.165, 1.54) is 44.9 Å². The van der Waals surface area contributed by atoms with Crippen LogP contribution < -0.4 is 0 Å². The Morgan fingerprint density at radius 2 is 1.53 bits per heavy atom. The number of esters is 1. The molecule has 0 radical (unpaired) electrons. The van der Waals surface area contributed by atoms with E-state index in [2.05, 4.69) is 91.7 Å². The van der Waals surface area contributed by atoms with Crippen LogP contribution in [0.1, 0.15) is 112 Å². The van der Waals surface area contributed by atoms with Gasteiger partial charge in [0.05, 0.1) is 19.2 Å². The molecule has 0 amide bonds. The molecule has 3 atom stereocenters. The van der Waals surface area contributed by atoms with Gasteiger partial charge in [0.2, 0.25) is 0 Å². The van der Waals surface area contributed by atoms with Gasteiger partial charge in [0.25, 0.3) is 0 Å². The highest BCUT2D eigenvalue weighted by Gasteiger charge is 2.64. The first-order valence-corrected chi connectivity index (χ1v) is 21.3. The third-order valence-corrected chi connectivity index (χ3v) is 16.6. The first kappa shape index (κ1) is 33.4. The summed E-state index contributed by atoms with van der Waals surface area (Å²) in [5.74, 6) is 0.0676. The summed E-state index contributed by atoms with van der Waals surface area (Å²) in [5.41, 5.74) is 0. The minimum absolute atomic E-state index is 0.0000713. The Labute approximate surface area is 227 Å². The molecule has 36 heavy (non-hydrogen) atoms. The number of unbranched alkanes of at least 4 members (excludes halogenated alkanes) is 6. The Hall–Kier alpha value is -0.656. The van der Waals surface area contributed by atoms with E-state index in [0.29, 0.717) is 0 Å². The zero-order chi connectivity index (χ0) is 27.5. The van der Waals surface area contributed by atoms with Crippen molar-refractivity contribution in [2.45, 2.75) is 167 Å². The molecule has 0 bridgehead atoms. The number of carbonyl (C=O) groups excluding carboxylic acids is 1. The van der Waals surface area contributed by atoms with Crippen LogP contribution in [0.3, 0.4) is 0 Å². The number of carbonyl (C=O) groups is 1. The summed E-state index contributed by atoms with van der Waals surface area (Å²) in [6.07, 6.45) is 22.8. The number of ether oxygens (including phenoxy) is 1. The van der Waals surface area contributed by atoms with Crippen LogP contribution in [0.25, 0.3) is 0 Å². The molecule has 0 spiro atoms. The quantitative estimate of drug-likeness (QED) is 0.0756. The van der Waals surface area contributed by atoms with Crippen molar-refractivity contribution in [1.82, 2.24) is 0 Å². The van der Waals surface area contributed by atoms with Gasteiger partial charge in [-0.25, -0.2) is 0 Å². The molecule has 210 valence electrons. The molecular formula is C31H60O3Si2. The summed E-state index contributed by atoms with van der Waals surface area (Å²) in [6, 6.07) is 0. The first-order valence-electron chi connectivity index (χ1n) is 14.9. The lowest BCUT2D eigenvalue weighted by molar-refractivity contribution is -0.185. The van der Waals surface area contributed by atoms with Crippen LogP contribution in [0, 0.1) is 0 Å². The van der Waals surface area contributed by atoms with E-state index < -0.39 is 16.4 Å². The van der Waals surface area contributed by atoms with Crippen molar-refractivity contribution in [3.63, 3.8) is 0 Å². The highest BCUT2D eigenvalue weighted by Crippen LogP contribution is 2.57. The summed E-state index contributed by atoms with van der Waals surface area (Å²) in [5, 5.41) is -0.108. The van der Waals surface area contributed by atoms with E-state index in [0.717, 1.165) is 32.1 Å². The molecule has 0 aromatic rings. The summed E-state index contributed by atoms with van der Waals surface area (Å²) >= 11 is 0. The second kappa shape index (κ2) is 15.1. The number of rotatable bonds is 18. The van der Waals surface area contributed by atoms with Gasteiger partial charge in [-0.2, -0.15) is 0 Å². The van der Waals surface area contributed by atoms with Gasteiger partial charge >= 0.3 is 5.97 Å². The standard InChI is InChI=1S/C31H60O3Si2/c1-11-13-15-17-18-19-20-21-22-24-27(34-36(9,10)30(3,4)5)26-28-31(29(32)33-28,35(6,7)8)25-23-16-14-12-2/h18-19,21-22,27-28H,11-17,20,23-26H2,1-10H3/b19-18-,22-21-/t27-,28-,31?/m1/s1. The molecule has 1 aliphatic rings. The fourth-order valence-electron chi connectivity index (χ4n) is 5.09. The Kier molecular flexibility index (Phi) is 14.0. The molecular weight excluding hydrogens is 477 g/mol. The second-order valence-corrected chi connectivity index (χ2v) is 23.7. The molecule has 1 aliphatic heterocycles. The van der Waals surface area contributed by atoms with Crippen molar-refractivity contribution < 1.29 is 14.0 Å². The summed E-state index contributed by atoms with van der Waals surface area (Å²) < 4.78 is 12.9. The van der Waals surface area contributed by atoms with Gasteiger partial charge in [-0.3, -0.25) is 4.79 Å². The van der Waals surface area contributed by atoms with Crippen LogP contribution in [-0.4, -0.2) is 34.6 Å². The third-order valence-electron chi connectivity index (χ3n) is 8.65. The highest BCUT2D eigenvalue weighted by molar-refractivity contribution is 6.83. The molecule has 1 saturated heterocycles. The zero-order valence-electron chi connectivity index (χ0n) is 25.7. The molecule has 1 heterocycles. The largest absolute Gasteiger partial charge is 0.461 e. The monoisotopic (exact) mass is 536 g/mol. The molecule has 0 aliphatic carbocycles. The maximum Gasteiger partial charge on any atom is 0.313 e. The lowest BCUT2D eigenvalue weighted by atomic mass is 9.85. The van der Waals surface area contributed by atoms with Crippen LogP contribution in [0.2, 0.25) is 42.8 Å². The maximum atomic E-state index is 13.1. The van der Waals surface area contributed by atoms with E-state index in [1.54, 1.807) is 0 Å². The van der Waals surface area contributed by atoms with Crippen molar-refractivity contribution >= 4 is 22.4 Å². The van der Waals surface area contributed by atoms with Gasteiger partial charge < -0.3 is 9.16 Å². The van der Waals surface area contributed by atoms with E-state index in [4.69, 9.17) is 9.16 Å². The Morgan fingerprint density at radius 1 is 0.917 bits per heavy atom. The van der Waals surface area contributed by atoms with Gasteiger partial charge in [-0.1, -0.05) is 117 Å². The molecule has 1 unspecified atom stereocenters. The summed E-state index contributed by atoms with van der Waals surface area (Å²) in [7, 11) is -3.72. The number of hydrogen-bond acceptors (Lipinski definition) is 3. The van der Waals surface area contributed by atoms with Gasteiger partial charge in [0.15, 0.2) is 8.32 Å². The van der Waals surface area contributed by atoms with Crippen molar-refractivity contribution in [3.8, 4) is 0 Å². The fourth-order valence-corrected chi connectivity index (χ4v) is 9.21. The van der Waals surface area contributed by atoms with Crippen LogP contribution in [-0.2, 0) is 14.0 Å². The Bertz CT molecular complexity index is 700. The Balaban J connectivity index is 2.96. The molecule has 0 aromatic carbocycles. The molecule has 0 aromatic heterocycles. The van der Waals surface area contributed by atoms with E-state index in [9.17, 15) is 4.79 Å². The predicted molar refractivity (Wildman–Crippen MR) is 163 cm³/mol. The van der Waals surface area contributed by atoms with Crippen molar-refractivity contribution in [2.75, 3.05) is 0 Å².